The third-order valence-corrected chi connectivity index (χ3v) is 2.50. The number of aryl methyl sites for hydroxylation is 2. The molecule has 1 N–H and O–H groups in total. The number of nitrogens with one attached hydrogen (secondary N) is 1. The van der Waals surface area contributed by atoms with Crippen LogP contribution in [0.1, 0.15) is 24.5 Å². The normalized spacial score (nSPS) is 12.4. The van der Waals surface area contributed by atoms with E-state index in [0.717, 1.165) is 17.3 Å². The minimum atomic E-state index is 0.147. The third-order valence-electron chi connectivity index (χ3n) is 2.50. The first-order valence-corrected chi connectivity index (χ1v) is 5.34. The van der Waals surface area contributed by atoms with Gasteiger partial charge in [-0.1, -0.05) is 6.07 Å². The number of nitrogens with zero attached hydrogens (tertiary/aromatic N) is 3. The molecule has 0 fully saturated rings. The summed E-state index contributed by atoms with van der Waals surface area (Å²) in [7, 11) is 1.99. The molecule has 0 aliphatic heterocycles. The lowest BCUT2D eigenvalue weighted by Crippen LogP contribution is -2.12. The van der Waals surface area contributed by atoms with Crippen LogP contribution >= 0.6 is 0 Å². The average molecular weight is 216 g/mol. The molecule has 2 rings (SSSR count). The Balaban J connectivity index is 2.14. The fraction of sp³-hybridized carbons (Fsp3) is 0.333. The minimum absolute atomic E-state index is 0.147. The number of imidazole rings is 1. The van der Waals surface area contributed by atoms with Gasteiger partial charge in [0.05, 0.1) is 6.04 Å². The van der Waals surface area contributed by atoms with Gasteiger partial charge in [0.15, 0.2) is 0 Å². The van der Waals surface area contributed by atoms with E-state index in [0.29, 0.717) is 0 Å². The molecule has 0 amide bonds. The molecule has 2 aromatic rings. The molecule has 16 heavy (non-hydrogen) atoms. The highest BCUT2D eigenvalue weighted by atomic mass is 15.1. The smallest absolute Gasteiger partial charge is 0.130 e. The standard InChI is InChI=1S/C12H16N4/c1-9-5-4-6-11(14-9)15-10(2)12-13-7-8-16(12)3/h4-8,10H,1-3H3,(H,14,15). The van der Waals surface area contributed by atoms with E-state index in [2.05, 4.69) is 22.2 Å². The van der Waals surface area contributed by atoms with E-state index in [1.54, 1.807) is 6.20 Å². The van der Waals surface area contributed by atoms with Crippen LogP contribution in [0.2, 0.25) is 0 Å². The first-order valence-electron chi connectivity index (χ1n) is 5.34. The lowest BCUT2D eigenvalue weighted by molar-refractivity contribution is 0.718. The molecule has 0 aromatic carbocycles. The molecule has 0 aliphatic rings. The van der Waals surface area contributed by atoms with Crippen molar-refractivity contribution >= 4 is 5.82 Å². The van der Waals surface area contributed by atoms with Crippen molar-refractivity contribution in [2.45, 2.75) is 19.9 Å². The Kier molecular flexibility index (Phi) is 2.90. The first-order chi connectivity index (χ1) is 7.66. The van der Waals surface area contributed by atoms with Gasteiger partial charge in [-0.3, -0.25) is 0 Å². The third kappa shape index (κ3) is 2.21. The largest absolute Gasteiger partial charge is 0.360 e. The summed E-state index contributed by atoms with van der Waals surface area (Å²) >= 11 is 0. The van der Waals surface area contributed by atoms with E-state index in [1.807, 2.05) is 42.9 Å². The molecule has 0 aliphatic carbocycles. The SMILES string of the molecule is Cc1cccc(NC(C)c2nccn2C)n1. The van der Waals surface area contributed by atoms with Crippen molar-refractivity contribution in [3.05, 3.63) is 42.1 Å². The molecule has 0 saturated carbocycles. The lowest BCUT2D eigenvalue weighted by atomic mass is 10.3. The second-order valence-corrected chi connectivity index (χ2v) is 3.93. The highest BCUT2D eigenvalue weighted by molar-refractivity contribution is 5.37. The van der Waals surface area contributed by atoms with Crippen LogP contribution in [0, 0.1) is 6.92 Å². The van der Waals surface area contributed by atoms with Gasteiger partial charge in [0.1, 0.15) is 11.6 Å². The van der Waals surface area contributed by atoms with Gasteiger partial charge >= 0.3 is 0 Å². The number of aromatic nitrogens is 3. The van der Waals surface area contributed by atoms with Crippen molar-refractivity contribution in [1.82, 2.24) is 14.5 Å². The van der Waals surface area contributed by atoms with Crippen LogP contribution in [0.3, 0.4) is 0 Å². The monoisotopic (exact) mass is 216 g/mol. The summed E-state index contributed by atoms with van der Waals surface area (Å²) in [6, 6.07) is 6.09. The fourth-order valence-electron chi connectivity index (χ4n) is 1.70. The molecule has 1 unspecified atom stereocenters. The minimum Gasteiger partial charge on any atom is -0.360 e. The zero-order valence-electron chi connectivity index (χ0n) is 9.81. The predicted molar refractivity (Wildman–Crippen MR) is 64.2 cm³/mol. The highest BCUT2D eigenvalue weighted by Gasteiger charge is 2.10. The van der Waals surface area contributed by atoms with Crippen molar-refractivity contribution in [3.8, 4) is 0 Å². The van der Waals surface area contributed by atoms with Crippen LogP contribution < -0.4 is 5.32 Å². The molecule has 1 atom stereocenters. The molecule has 2 heterocycles. The molecule has 84 valence electrons. The van der Waals surface area contributed by atoms with Gasteiger partial charge in [-0.25, -0.2) is 9.97 Å². The lowest BCUT2D eigenvalue weighted by Gasteiger charge is -2.14. The maximum absolute atomic E-state index is 4.40. The van der Waals surface area contributed by atoms with Crippen LogP contribution in [0.4, 0.5) is 5.82 Å². The van der Waals surface area contributed by atoms with Gasteiger partial charge in [0.2, 0.25) is 0 Å². The predicted octanol–water partition coefficient (Wildman–Crippen LogP) is 2.30. The summed E-state index contributed by atoms with van der Waals surface area (Å²) in [6.45, 7) is 4.06. The van der Waals surface area contributed by atoms with Gasteiger partial charge in [0, 0.05) is 25.1 Å². The summed E-state index contributed by atoms with van der Waals surface area (Å²) in [6.07, 6.45) is 3.74. The van der Waals surface area contributed by atoms with Crippen LogP contribution in [-0.2, 0) is 7.05 Å². The van der Waals surface area contributed by atoms with Gasteiger partial charge in [-0.2, -0.15) is 0 Å². The van der Waals surface area contributed by atoms with Crippen molar-refractivity contribution in [2.24, 2.45) is 7.05 Å². The molecule has 0 bridgehead atoms. The van der Waals surface area contributed by atoms with E-state index in [9.17, 15) is 0 Å². The van der Waals surface area contributed by atoms with Gasteiger partial charge in [-0.15, -0.1) is 0 Å². The molecule has 0 radical (unpaired) electrons. The molecule has 0 saturated heterocycles. The molecule has 0 spiro atoms. The van der Waals surface area contributed by atoms with Crippen LogP contribution in [0.25, 0.3) is 0 Å². The molecular formula is C12H16N4. The van der Waals surface area contributed by atoms with Crippen molar-refractivity contribution in [3.63, 3.8) is 0 Å². The Morgan fingerprint density at radius 3 is 2.81 bits per heavy atom. The van der Waals surface area contributed by atoms with Crippen molar-refractivity contribution in [2.75, 3.05) is 5.32 Å². The summed E-state index contributed by atoms with van der Waals surface area (Å²) in [5.41, 5.74) is 1.01. The molecule has 4 nitrogen and oxygen atoms in total. The Morgan fingerprint density at radius 1 is 1.38 bits per heavy atom. The van der Waals surface area contributed by atoms with E-state index in [-0.39, 0.29) is 6.04 Å². The zero-order chi connectivity index (χ0) is 11.5. The van der Waals surface area contributed by atoms with Crippen LogP contribution in [0.5, 0.6) is 0 Å². The van der Waals surface area contributed by atoms with E-state index >= 15 is 0 Å². The summed E-state index contributed by atoms with van der Waals surface area (Å²) < 4.78 is 2.01. The number of rotatable bonds is 3. The van der Waals surface area contributed by atoms with Gasteiger partial charge in [-0.05, 0) is 26.0 Å². The van der Waals surface area contributed by atoms with Crippen molar-refractivity contribution < 1.29 is 0 Å². The van der Waals surface area contributed by atoms with Crippen LogP contribution in [0.15, 0.2) is 30.6 Å². The van der Waals surface area contributed by atoms with E-state index in [1.165, 1.54) is 0 Å². The molecular weight excluding hydrogens is 200 g/mol. The molecule has 2 aromatic heterocycles. The Labute approximate surface area is 95.4 Å². The van der Waals surface area contributed by atoms with Gasteiger partial charge < -0.3 is 9.88 Å². The maximum Gasteiger partial charge on any atom is 0.130 e. The fourth-order valence-corrected chi connectivity index (χ4v) is 1.70. The Bertz CT molecular complexity index is 475. The second kappa shape index (κ2) is 4.35. The van der Waals surface area contributed by atoms with Crippen molar-refractivity contribution in [1.29, 1.82) is 0 Å². The number of hydrogen-bond donors (Lipinski definition) is 1. The van der Waals surface area contributed by atoms with E-state index < -0.39 is 0 Å². The summed E-state index contributed by atoms with van der Waals surface area (Å²) in [4.78, 5) is 8.71. The van der Waals surface area contributed by atoms with Crippen LogP contribution in [-0.4, -0.2) is 14.5 Å². The zero-order valence-corrected chi connectivity index (χ0v) is 9.81. The highest BCUT2D eigenvalue weighted by Crippen LogP contribution is 2.15. The second-order valence-electron chi connectivity index (χ2n) is 3.93. The average Bonchev–Trinajstić information content (AvgIpc) is 2.64. The quantitative estimate of drug-likeness (QED) is 0.856. The summed E-state index contributed by atoms with van der Waals surface area (Å²) in [5.74, 6) is 1.89. The Hall–Kier alpha value is -1.84. The number of anilines is 1. The first kappa shape index (κ1) is 10.7. The Morgan fingerprint density at radius 2 is 2.19 bits per heavy atom. The van der Waals surface area contributed by atoms with E-state index in [4.69, 9.17) is 0 Å². The maximum atomic E-state index is 4.40. The van der Waals surface area contributed by atoms with Gasteiger partial charge in [0.25, 0.3) is 0 Å². The number of pyridine rings is 1. The number of hydrogen-bond acceptors (Lipinski definition) is 3. The summed E-state index contributed by atoms with van der Waals surface area (Å²) in [5, 5.41) is 3.33. The molecule has 4 heteroatoms. The topological polar surface area (TPSA) is 42.7 Å².